The van der Waals surface area contributed by atoms with Crippen molar-refractivity contribution in [3.63, 3.8) is 0 Å². The third-order valence-electron chi connectivity index (χ3n) is 6.04. The minimum atomic E-state index is -1.84. The minimum absolute atomic E-state index is 0.405. The summed E-state index contributed by atoms with van der Waals surface area (Å²) >= 11 is 0. The van der Waals surface area contributed by atoms with Crippen molar-refractivity contribution in [1.82, 2.24) is 5.01 Å². The molecule has 2 amide bonds. The van der Waals surface area contributed by atoms with E-state index in [1.807, 2.05) is 55.5 Å². The summed E-state index contributed by atoms with van der Waals surface area (Å²) in [5, 5.41) is 25.6. The zero-order chi connectivity index (χ0) is 20.3. The van der Waals surface area contributed by atoms with E-state index >= 15 is 0 Å². The molecule has 29 heavy (non-hydrogen) atoms. The molecule has 0 N–H and O–H groups in total. The summed E-state index contributed by atoms with van der Waals surface area (Å²) in [6.45, 7) is 1.91. The Hall–Kier alpha value is -3.97. The number of anilines is 1. The second-order valence-corrected chi connectivity index (χ2v) is 7.50. The first-order valence-electron chi connectivity index (χ1n) is 9.23. The van der Waals surface area contributed by atoms with Crippen LogP contribution in [0.4, 0.5) is 5.69 Å². The van der Waals surface area contributed by atoms with Gasteiger partial charge in [0.25, 0.3) is 0 Å². The van der Waals surface area contributed by atoms with Gasteiger partial charge in [0.05, 0.1) is 23.9 Å². The number of carbonyl (C=O) groups excluding carboxylic acids is 2. The Labute approximate surface area is 167 Å². The van der Waals surface area contributed by atoms with Crippen LogP contribution in [0.15, 0.2) is 53.6 Å². The SMILES string of the molecule is Cc1ccc(N2C(=O)[C@H]3[C@@H](C2=O)C(C#N)(C#N)N2N=Cc4ccccc4[C@@H]32)cc1. The van der Waals surface area contributed by atoms with Crippen molar-refractivity contribution in [2.45, 2.75) is 18.5 Å². The van der Waals surface area contributed by atoms with Crippen molar-refractivity contribution in [2.75, 3.05) is 4.90 Å². The highest BCUT2D eigenvalue weighted by atomic mass is 16.2. The number of hydrogen-bond donors (Lipinski definition) is 0. The zero-order valence-corrected chi connectivity index (χ0v) is 15.5. The number of rotatable bonds is 1. The lowest BCUT2D eigenvalue weighted by atomic mass is 9.80. The van der Waals surface area contributed by atoms with Crippen LogP contribution in [0, 0.1) is 41.4 Å². The molecule has 3 aliphatic rings. The van der Waals surface area contributed by atoms with E-state index in [0.717, 1.165) is 21.6 Å². The number of amides is 2. The molecule has 0 spiro atoms. The number of hydrazone groups is 1. The van der Waals surface area contributed by atoms with E-state index in [-0.39, 0.29) is 0 Å². The highest BCUT2D eigenvalue weighted by Crippen LogP contribution is 2.56. The van der Waals surface area contributed by atoms with E-state index in [1.165, 1.54) is 5.01 Å². The summed E-state index contributed by atoms with van der Waals surface area (Å²) in [5.74, 6) is -2.91. The van der Waals surface area contributed by atoms with Gasteiger partial charge in [0.1, 0.15) is 18.1 Å². The Kier molecular flexibility index (Phi) is 3.41. The molecule has 0 saturated carbocycles. The number of nitriles is 2. The Morgan fingerprint density at radius 3 is 2.38 bits per heavy atom. The van der Waals surface area contributed by atoms with Crippen LogP contribution < -0.4 is 4.90 Å². The molecule has 0 aromatic heterocycles. The van der Waals surface area contributed by atoms with Gasteiger partial charge in [0.15, 0.2) is 0 Å². The number of aryl methyl sites for hydroxylation is 1. The molecule has 2 aromatic rings. The minimum Gasteiger partial charge on any atom is -0.274 e. The number of fused-ring (bicyclic) bond motifs is 5. The van der Waals surface area contributed by atoms with Crippen LogP contribution in [-0.2, 0) is 9.59 Å². The average molecular weight is 381 g/mol. The quantitative estimate of drug-likeness (QED) is 0.706. The lowest BCUT2D eigenvalue weighted by molar-refractivity contribution is -0.124. The van der Waals surface area contributed by atoms with Gasteiger partial charge in [-0.2, -0.15) is 15.6 Å². The molecule has 2 saturated heterocycles. The van der Waals surface area contributed by atoms with Crippen molar-refractivity contribution in [2.24, 2.45) is 16.9 Å². The molecule has 7 nitrogen and oxygen atoms in total. The van der Waals surface area contributed by atoms with E-state index < -0.39 is 35.2 Å². The predicted molar refractivity (Wildman–Crippen MR) is 103 cm³/mol. The van der Waals surface area contributed by atoms with Crippen LogP contribution in [0.3, 0.4) is 0 Å². The third kappa shape index (κ3) is 2.02. The monoisotopic (exact) mass is 381 g/mol. The second-order valence-electron chi connectivity index (χ2n) is 7.50. The molecular weight excluding hydrogens is 366 g/mol. The van der Waals surface area contributed by atoms with Crippen LogP contribution >= 0.6 is 0 Å². The number of carbonyl (C=O) groups is 2. The summed E-state index contributed by atoms with van der Waals surface area (Å²) in [4.78, 5) is 28.0. The number of imide groups is 1. The molecule has 5 rings (SSSR count). The van der Waals surface area contributed by atoms with Crippen molar-refractivity contribution in [3.05, 3.63) is 65.2 Å². The lowest BCUT2D eigenvalue weighted by Crippen LogP contribution is -2.49. The van der Waals surface area contributed by atoms with Gasteiger partial charge in [0, 0.05) is 0 Å². The number of benzene rings is 2. The van der Waals surface area contributed by atoms with Gasteiger partial charge < -0.3 is 0 Å². The van der Waals surface area contributed by atoms with E-state index in [1.54, 1.807) is 18.3 Å². The maximum atomic E-state index is 13.5. The van der Waals surface area contributed by atoms with E-state index in [4.69, 9.17) is 0 Å². The molecule has 140 valence electrons. The Morgan fingerprint density at radius 1 is 1.00 bits per heavy atom. The van der Waals surface area contributed by atoms with Gasteiger partial charge in [0.2, 0.25) is 17.4 Å². The molecule has 0 bridgehead atoms. The summed E-state index contributed by atoms with van der Waals surface area (Å²) in [6.07, 6.45) is 1.57. The van der Waals surface area contributed by atoms with E-state index in [2.05, 4.69) is 5.10 Å². The number of nitrogens with zero attached hydrogens (tertiary/aromatic N) is 5. The summed E-state index contributed by atoms with van der Waals surface area (Å²) < 4.78 is 0. The van der Waals surface area contributed by atoms with Crippen LogP contribution in [0.25, 0.3) is 0 Å². The summed E-state index contributed by atoms with van der Waals surface area (Å²) in [6, 6.07) is 17.8. The van der Waals surface area contributed by atoms with Crippen molar-refractivity contribution in [1.29, 1.82) is 10.5 Å². The molecule has 2 aromatic carbocycles. The van der Waals surface area contributed by atoms with Gasteiger partial charge >= 0.3 is 0 Å². The molecule has 0 unspecified atom stereocenters. The van der Waals surface area contributed by atoms with Crippen molar-refractivity contribution in [3.8, 4) is 12.1 Å². The lowest BCUT2D eigenvalue weighted by Gasteiger charge is -2.35. The molecule has 3 atom stereocenters. The fourth-order valence-corrected chi connectivity index (χ4v) is 4.69. The van der Waals surface area contributed by atoms with E-state index in [0.29, 0.717) is 5.69 Å². The van der Waals surface area contributed by atoms with Crippen LogP contribution in [0.1, 0.15) is 22.7 Å². The van der Waals surface area contributed by atoms with Crippen LogP contribution in [0.5, 0.6) is 0 Å². The molecule has 2 fully saturated rings. The van der Waals surface area contributed by atoms with Crippen molar-refractivity contribution < 1.29 is 9.59 Å². The Morgan fingerprint density at radius 2 is 1.69 bits per heavy atom. The summed E-state index contributed by atoms with van der Waals surface area (Å²) in [5.41, 5.74) is 1.21. The molecule has 0 aliphatic carbocycles. The average Bonchev–Trinajstić information content (AvgIpc) is 3.19. The fraction of sp³-hybridized carbons (Fsp3) is 0.227. The second kappa shape index (κ2) is 5.76. The zero-order valence-electron chi connectivity index (χ0n) is 15.5. The normalized spacial score (nSPS) is 25.8. The standard InChI is InChI=1S/C22H15N5O2/c1-13-6-8-15(9-7-13)26-20(28)17-18(21(26)29)22(11-23,12-24)27-19(17)16-5-3-2-4-14(16)10-25-27/h2-10,17-19H,1H3/t17-,18-,19-/m0/s1. The van der Waals surface area contributed by atoms with Gasteiger partial charge in [-0.05, 0) is 30.2 Å². The van der Waals surface area contributed by atoms with E-state index in [9.17, 15) is 20.1 Å². The highest BCUT2D eigenvalue weighted by molar-refractivity contribution is 6.23. The molecule has 3 aliphatic heterocycles. The first-order chi connectivity index (χ1) is 14.0. The first-order valence-corrected chi connectivity index (χ1v) is 9.23. The smallest absolute Gasteiger partial charge is 0.242 e. The van der Waals surface area contributed by atoms with Crippen molar-refractivity contribution >= 4 is 23.7 Å². The van der Waals surface area contributed by atoms with Gasteiger partial charge in [-0.3, -0.25) is 14.6 Å². The number of hydrogen-bond acceptors (Lipinski definition) is 6. The Balaban J connectivity index is 1.71. The van der Waals surface area contributed by atoms with Gasteiger partial charge in [-0.25, -0.2) is 4.90 Å². The third-order valence-corrected chi connectivity index (χ3v) is 6.04. The van der Waals surface area contributed by atoms with Crippen LogP contribution in [0.2, 0.25) is 0 Å². The highest BCUT2D eigenvalue weighted by Gasteiger charge is 2.71. The molecular formula is C22H15N5O2. The topological polar surface area (TPSA) is 101 Å². The maximum absolute atomic E-state index is 13.5. The van der Waals surface area contributed by atoms with Crippen LogP contribution in [-0.4, -0.2) is 28.6 Å². The molecule has 7 heteroatoms. The molecule has 3 heterocycles. The summed E-state index contributed by atoms with van der Waals surface area (Å²) in [7, 11) is 0. The predicted octanol–water partition coefficient (Wildman–Crippen LogP) is 2.29. The molecule has 0 radical (unpaired) electrons. The fourth-order valence-electron chi connectivity index (χ4n) is 4.69. The largest absolute Gasteiger partial charge is 0.274 e. The van der Waals surface area contributed by atoms with Gasteiger partial charge in [-0.15, -0.1) is 0 Å². The maximum Gasteiger partial charge on any atom is 0.242 e. The first kappa shape index (κ1) is 17.2. The Bertz CT molecular complexity index is 1160. The van der Waals surface area contributed by atoms with Gasteiger partial charge in [-0.1, -0.05) is 42.0 Å².